The molecule has 0 bridgehead atoms. The van der Waals surface area contributed by atoms with Crippen molar-refractivity contribution in [1.82, 2.24) is 10.2 Å². The van der Waals surface area contributed by atoms with Crippen LogP contribution in [0, 0.1) is 0 Å². The number of hydrogen-bond acceptors (Lipinski definition) is 3. The van der Waals surface area contributed by atoms with E-state index in [1.165, 1.54) is 0 Å². The van der Waals surface area contributed by atoms with E-state index in [1.54, 1.807) is 30.5 Å². The molecular formula is C11H20N2O2S. The van der Waals surface area contributed by atoms with E-state index in [1.807, 2.05) is 0 Å². The number of rotatable bonds is 5. The minimum atomic E-state index is -0.741. The standard InChI is InChI=1S/C11H20N2O2S/c1-11(2)10(15)13(8-9(14)12-11)6-4-5-7-16-3/h4-8H2,1-3H3,(H,12,14). The maximum atomic E-state index is 12.0. The minimum Gasteiger partial charge on any atom is -0.341 e. The SMILES string of the molecule is CSCCCCN1CC(=O)NC(C)(C)C1=O. The maximum Gasteiger partial charge on any atom is 0.248 e. The van der Waals surface area contributed by atoms with Crippen molar-refractivity contribution in [3.63, 3.8) is 0 Å². The van der Waals surface area contributed by atoms with Gasteiger partial charge in [-0.25, -0.2) is 0 Å². The third-order valence-corrected chi connectivity index (χ3v) is 3.33. The molecular weight excluding hydrogens is 224 g/mol. The van der Waals surface area contributed by atoms with Gasteiger partial charge in [0.1, 0.15) is 5.54 Å². The first-order valence-electron chi connectivity index (χ1n) is 5.56. The van der Waals surface area contributed by atoms with Gasteiger partial charge in [0.15, 0.2) is 0 Å². The summed E-state index contributed by atoms with van der Waals surface area (Å²) in [6, 6.07) is 0. The summed E-state index contributed by atoms with van der Waals surface area (Å²) in [5.74, 6) is 1.07. The molecule has 0 atom stereocenters. The highest BCUT2D eigenvalue weighted by Gasteiger charge is 2.38. The van der Waals surface area contributed by atoms with Crippen LogP contribution in [-0.4, -0.2) is 47.4 Å². The molecule has 16 heavy (non-hydrogen) atoms. The lowest BCUT2D eigenvalue weighted by molar-refractivity contribution is -0.148. The van der Waals surface area contributed by atoms with Gasteiger partial charge < -0.3 is 10.2 Å². The Balaban J connectivity index is 2.45. The van der Waals surface area contributed by atoms with Gasteiger partial charge in [-0.1, -0.05) is 0 Å². The van der Waals surface area contributed by atoms with Gasteiger partial charge in [0, 0.05) is 6.54 Å². The normalized spacial score (nSPS) is 19.8. The Hall–Kier alpha value is -0.710. The predicted molar refractivity (Wildman–Crippen MR) is 66.4 cm³/mol. The van der Waals surface area contributed by atoms with Gasteiger partial charge in [-0.15, -0.1) is 0 Å². The fourth-order valence-electron chi connectivity index (χ4n) is 1.81. The van der Waals surface area contributed by atoms with Gasteiger partial charge >= 0.3 is 0 Å². The maximum absolute atomic E-state index is 12.0. The van der Waals surface area contributed by atoms with Crippen LogP contribution < -0.4 is 5.32 Å². The summed E-state index contributed by atoms with van der Waals surface area (Å²) < 4.78 is 0. The molecule has 0 aromatic heterocycles. The summed E-state index contributed by atoms with van der Waals surface area (Å²) in [6.45, 7) is 4.40. The molecule has 0 saturated carbocycles. The van der Waals surface area contributed by atoms with Crippen LogP contribution in [0.3, 0.4) is 0 Å². The van der Waals surface area contributed by atoms with E-state index in [9.17, 15) is 9.59 Å². The van der Waals surface area contributed by atoms with E-state index < -0.39 is 5.54 Å². The average molecular weight is 244 g/mol. The largest absolute Gasteiger partial charge is 0.341 e. The van der Waals surface area contributed by atoms with Crippen LogP contribution in [0.1, 0.15) is 26.7 Å². The number of unbranched alkanes of at least 4 members (excludes halogenated alkanes) is 1. The quantitative estimate of drug-likeness (QED) is 0.730. The van der Waals surface area contributed by atoms with Crippen molar-refractivity contribution in [3.05, 3.63) is 0 Å². The zero-order valence-corrected chi connectivity index (χ0v) is 11.0. The van der Waals surface area contributed by atoms with Crippen molar-refractivity contribution in [2.45, 2.75) is 32.2 Å². The number of thioether (sulfide) groups is 1. The number of carbonyl (C=O) groups excluding carboxylic acids is 2. The Bertz CT molecular complexity index is 279. The Morgan fingerprint density at radius 3 is 2.69 bits per heavy atom. The van der Waals surface area contributed by atoms with Gasteiger partial charge in [-0.2, -0.15) is 11.8 Å². The van der Waals surface area contributed by atoms with Crippen LogP contribution in [-0.2, 0) is 9.59 Å². The van der Waals surface area contributed by atoms with E-state index in [-0.39, 0.29) is 18.4 Å². The molecule has 1 rings (SSSR count). The fraction of sp³-hybridized carbons (Fsp3) is 0.818. The lowest BCUT2D eigenvalue weighted by atomic mass is 10.0. The number of nitrogens with one attached hydrogen (secondary N) is 1. The number of piperazine rings is 1. The van der Waals surface area contributed by atoms with Crippen LogP contribution in [0.2, 0.25) is 0 Å². The molecule has 92 valence electrons. The molecule has 5 heteroatoms. The van der Waals surface area contributed by atoms with Gasteiger partial charge in [0.25, 0.3) is 0 Å². The highest BCUT2D eigenvalue weighted by Crippen LogP contribution is 2.14. The first kappa shape index (κ1) is 13.4. The minimum absolute atomic E-state index is 0.0243. The van der Waals surface area contributed by atoms with Crippen molar-refractivity contribution < 1.29 is 9.59 Å². The average Bonchev–Trinajstić information content (AvgIpc) is 2.19. The molecule has 1 fully saturated rings. The van der Waals surface area contributed by atoms with Crippen LogP contribution in [0.25, 0.3) is 0 Å². The molecule has 0 aromatic carbocycles. The third kappa shape index (κ3) is 3.40. The molecule has 4 nitrogen and oxygen atoms in total. The van der Waals surface area contributed by atoms with Crippen LogP contribution >= 0.6 is 11.8 Å². The van der Waals surface area contributed by atoms with Crippen molar-refractivity contribution in [1.29, 1.82) is 0 Å². The van der Waals surface area contributed by atoms with Crippen molar-refractivity contribution in [3.8, 4) is 0 Å². The summed E-state index contributed by atoms with van der Waals surface area (Å²) in [5, 5.41) is 2.70. The second-order valence-electron chi connectivity index (χ2n) is 4.60. The molecule has 0 aliphatic carbocycles. The molecule has 1 heterocycles. The van der Waals surface area contributed by atoms with E-state index in [4.69, 9.17) is 0 Å². The van der Waals surface area contributed by atoms with Crippen LogP contribution in [0.15, 0.2) is 0 Å². The number of amides is 2. The second kappa shape index (κ2) is 5.57. The Labute approximate surface area is 101 Å². The Morgan fingerprint density at radius 1 is 1.38 bits per heavy atom. The summed E-state index contributed by atoms with van der Waals surface area (Å²) in [4.78, 5) is 25.0. The first-order valence-corrected chi connectivity index (χ1v) is 6.96. The lowest BCUT2D eigenvalue weighted by Gasteiger charge is -2.37. The smallest absolute Gasteiger partial charge is 0.248 e. The zero-order valence-electron chi connectivity index (χ0n) is 10.2. The van der Waals surface area contributed by atoms with Crippen molar-refractivity contribution >= 4 is 23.6 Å². The van der Waals surface area contributed by atoms with E-state index >= 15 is 0 Å². The first-order chi connectivity index (χ1) is 7.47. The second-order valence-corrected chi connectivity index (χ2v) is 5.59. The molecule has 1 aliphatic heterocycles. The molecule has 2 amide bonds. The lowest BCUT2D eigenvalue weighted by Crippen LogP contribution is -2.63. The zero-order chi connectivity index (χ0) is 12.2. The summed E-state index contributed by atoms with van der Waals surface area (Å²) in [7, 11) is 0. The van der Waals surface area contributed by atoms with Crippen molar-refractivity contribution in [2.75, 3.05) is 25.1 Å². The Kier molecular flexibility index (Phi) is 4.65. The molecule has 0 unspecified atom stereocenters. The molecule has 0 aromatic rings. The topological polar surface area (TPSA) is 49.4 Å². The summed E-state index contributed by atoms with van der Waals surface area (Å²) >= 11 is 1.81. The molecule has 0 radical (unpaired) electrons. The highest BCUT2D eigenvalue weighted by molar-refractivity contribution is 7.98. The van der Waals surface area contributed by atoms with Gasteiger partial charge in [-0.05, 0) is 38.7 Å². The van der Waals surface area contributed by atoms with E-state index in [0.717, 1.165) is 18.6 Å². The van der Waals surface area contributed by atoms with Gasteiger partial charge in [0.05, 0.1) is 6.54 Å². The molecule has 1 aliphatic rings. The molecule has 0 spiro atoms. The van der Waals surface area contributed by atoms with Crippen LogP contribution in [0.4, 0.5) is 0 Å². The van der Waals surface area contributed by atoms with Crippen molar-refractivity contribution in [2.24, 2.45) is 0 Å². The molecule has 1 saturated heterocycles. The summed E-state index contributed by atoms with van der Waals surface area (Å²) in [6.07, 6.45) is 4.13. The van der Waals surface area contributed by atoms with E-state index in [2.05, 4.69) is 11.6 Å². The van der Waals surface area contributed by atoms with Crippen LogP contribution in [0.5, 0.6) is 0 Å². The number of hydrogen-bond donors (Lipinski definition) is 1. The number of carbonyl (C=O) groups is 2. The Morgan fingerprint density at radius 2 is 2.06 bits per heavy atom. The van der Waals surface area contributed by atoms with Gasteiger partial charge in [0.2, 0.25) is 11.8 Å². The van der Waals surface area contributed by atoms with E-state index in [0.29, 0.717) is 6.54 Å². The predicted octanol–water partition coefficient (Wildman–Crippen LogP) is 0.867. The molecule has 1 N–H and O–H groups in total. The summed E-state index contributed by atoms with van der Waals surface area (Å²) in [5.41, 5.74) is -0.741. The third-order valence-electron chi connectivity index (χ3n) is 2.63. The monoisotopic (exact) mass is 244 g/mol. The van der Waals surface area contributed by atoms with Gasteiger partial charge in [-0.3, -0.25) is 9.59 Å². The number of nitrogens with zero attached hydrogens (tertiary/aromatic N) is 1. The fourth-order valence-corrected chi connectivity index (χ4v) is 2.30. The highest BCUT2D eigenvalue weighted by atomic mass is 32.2.